The topological polar surface area (TPSA) is 66.6 Å². The summed E-state index contributed by atoms with van der Waals surface area (Å²) >= 11 is 6.08. The van der Waals surface area contributed by atoms with E-state index in [-0.39, 0.29) is 6.54 Å². The van der Waals surface area contributed by atoms with Crippen LogP contribution >= 0.6 is 11.6 Å². The van der Waals surface area contributed by atoms with Gasteiger partial charge in [-0.2, -0.15) is 5.10 Å². The molecule has 1 aromatic rings. The van der Waals surface area contributed by atoms with Crippen LogP contribution in [0, 0.1) is 0 Å². The largest absolute Gasteiger partial charge is 0.268 e. The van der Waals surface area contributed by atoms with Crippen molar-refractivity contribution in [1.29, 1.82) is 0 Å². The normalized spacial score (nSPS) is 9.93. The Hall–Kier alpha value is -1.19. The number of aryl methyl sites for hydroxylation is 2. The molecule has 1 heterocycles. The zero-order chi connectivity index (χ0) is 10.6. The lowest BCUT2D eigenvalue weighted by Gasteiger charge is -2.00. The lowest BCUT2D eigenvalue weighted by molar-refractivity contribution is 0.614. The Morgan fingerprint density at radius 3 is 2.79 bits per heavy atom. The highest BCUT2D eigenvalue weighted by atomic mass is 35.5. The number of halogens is 1. The van der Waals surface area contributed by atoms with Crippen molar-refractivity contribution in [3.63, 3.8) is 0 Å². The Morgan fingerprint density at radius 1 is 1.57 bits per heavy atom. The second-order valence-electron chi connectivity index (χ2n) is 2.77. The molecule has 6 heteroatoms. The Kier molecular flexibility index (Phi) is 3.80. The molecule has 0 spiro atoms. The minimum absolute atomic E-state index is 0.260. The monoisotopic (exact) mass is 213 g/mol. The molecule has 1 aromatic heterocycles. The first kappa shape index (κ1) is 10.9. The molecule has 0 radical (unpaired) electrons. The number of azide groups is 1. The average Bonchev–Trinajstić information content (AvgIpc) is 2.52. The molecule has 0 aliphatic rings. The van der Waals surface area contributed by atoms with E-state index in [1.165, 1.54) is 0 Å². The van der Waals surface area contributed by atoms with Gasteiger partial charge in [0.25, 0.3) is 0 Å². The quantitative estimate of drug-likeness (QED) is 0.431. The van der Waals surface area contributed by atoms with Crippen LogP contribution < -0.4 is 0 Å². The second-order valence-corrected chi connectivity index (χ2v) is 3.14. The first-order chi connectivity index (χ1) is 6.74. The molecule has 0 aliphatic heterocycles. The maximum atomic E-state index is 8.23. The predicted molar refractivity (Wildman–Crippen MR) is 55.1 cm³/mol. The fourth-order valence-corrected chi connectivity index (χ4v) is 1.60. The molecule has 0 unspecified atom stereocenters. The summed E-state index contributed by atoms with van der Waals surface area (Å²) < 4.78 is 1.77. The minimum Gasteiger partial charge on any atom is -0.268 e. The number of hydrogen-bond acceptors (Lipinski definition) is 2. The Morgan fingerprint density at radius 2 is 2.29 bits per heavy atom. The molecule has 0 aromatic carbocycles. The van der Waals surface area contributed by atoms with Crippen LogP contribution in [0.3, 0.4) is 0 Å². The van der Waals surface area contributed by atoms with Crippen LogP contribution in [-0.4, -0.2) is 9.78 Å². The van der Waals surface area contributed by atoms with Crippen molar-refractivity contribution >= 4 is 11.6 Å². The summed E-state index contributed by atoms with van der Waals surface area (Å²) in [6.45, 7) is 4.96. The van der Waals surface area contributed by atoms with Crippen LogP contribution in [0.15, 0.2) is 5.11 Å². The first-order valence-electron chi connectivity index (χ1n) is 4.49. The van der Waals surface area contributed by atoms with Gasteiger partial charge in [0.2, 0.25) is 0 Å². The Bertz CT molecular complexity index is 364. The molecule has 0 amide bonds. The van der Waals surface area contributed by atoms with Crippen molar-refractivity contribution in [2.75, 3.05) is 0 Å². The van der Waals surface area contributed by atoms with Gasteiger partial charge in [0.15, 0.2) is 0 Å². The Labute approximate surface area is 87.3 Å². The van der Waals surface area contributed by atoms with Crippen LogP contribution in [0.2, 0.25) is 5.02 Å². The van der Waals surface area contributed by atoms with Gasteiger partial charge in [0.05, 0.1) is 23.0 Å². The molecule has 5 nitrogen and oxygen atoms in total. The van der Waals surface area contributed by atoms with Gasteiger partial charge in [-0.1, -0.05) is 23.6 Å². The van der Waals surface area contributed by atoms with E-state index in [9.17, 15) is 0 Å². The molecule has 0 aliphatic carbocycles. The highest BCUT2D eigenvalue weighted by molar-refractivity contribution is 6.31. The van der Waals surface area contributed by atoms with Gasteiger partial charge < -0.3 is 0 Å². The van der Waals surface area contributed by atoms with Crippen molar-refractivity contribution in [3.8, 4) is 0 Å². The van der Waals surface area contributed by atoms with E-state index in [0.29, 0.717) is 5.02 Å². The molecule has 0 N–H and O–H groups in total. The number of hydrogen-bond donors (Lipinski definition) is 0. The molecule has 14 heavy (non-hydrogen) atoms. The van der Waals surface area contributed by atoms with Gasteiger partial charge in [0.1, 0.15) is 0 Å². The third-order valence-electron chi connectivity index (χ3n) is 1.98. The van der Waals surface area contributed by atoms with Crippen molar-refractivity contribution in [2.45, 2.75) is 33.4 Å². The maximum Gasteiger partial charge on any atom is 0.0851 e. The van der Waals surface area contributed by atoms with Crippen molar-refractivity contribution in [3.05, 3.63) is 26.9 Å². The summed E-state index contributed by atoms with van der Waals surface area (Å²) in [6, 6.07) is 0. The molecule has 0 bridgehead atoms. The van der Waals surface area contributed by atoms with Gasteiger partial charge in [0, 0.05) is 11.5 Å². The lowest BCUT2D eigenvalue weighted by atomic mass is 10.3. The van der Waals surface area contributed by atoms with E-state index >= 15 is 0 Å². The van der Waals surface area contributed by atoms with Crippen LogP contribution in [0.5, 0.6) is 0 Å². The smallest absolute Gasteiger partial charge is 0.0851 e. The predicted octanol–water partition coefficient (Wildman–Crippen LogP) is 2.93. The summed E-state index contributed by atoms with van der Waals surface area (Å²) in [5, 5.41) is 8.42. The lowest BCUT2D eigenvalue weighted by Crippen LogP contribution is -2.01. The van der Waals surface area contributed by atoms with E-state index < -0.39 is 0 Å². The second kappa shape index (κ2) is 4.88. The van der Waals surface area contributed by atoms with Gasteiger partial charge in [-0.25, -0.2) is 0 Å². The fraction of sp³-hybridized carbons (Fsp3) is 0.625. The highest BCUT2D eigenvalue weighted by Gasteiger charge is 2.12. The van der Waals surface area contributed by atoms with Crippen molar-refractivity contribution in [1.82, 2.24) is 9.78 Å². The van der Waals surface area contributed by atoms with E-state index in [2.05, 4.69) is 15.1 Å². The Balaban J connectivity index is 3.10. The summed E-state index contributed by atoms with van der Waals surface area (Å²) in [6.07, 6.45) is 0.787. The van der Waals surface area contributed by atoms with E-state index in [0.717, 1.165) is 24.4 Å². The maximum absolute atomic E-state index is 8.23. The molecule has 0 saturated heterocycles. The number of nitrogens with zero attached hydrogens (tertiary/aromatic N) is 5. The van der Waals surface area contributed by atoms with Gasteiger partial charge in [-0.15, -0.1) is 0 Å². The molecule has 0 atom stereocenters. The summed E-state index contributed by atoms with van der Waals surface area (Å²) in [5.41, 5.74) is 9.88. The van der Waals surface area contributed by atoms with Crippen LogP contribution in [-0.2, 0) is 19.5 Å². The SMILES string of the molecule is CCc1nn(CC)c(CN=[N+]=[N-])c1Cl. The zero-order valence-corrected chi connectivity index (χ0v) is 8.99. The number of aromatic nitrogens is 2. The van der Waals surface area contributed by atoms with Crippen molar-refractivity contribution in [2.24, 2.45) is 5.11 Å². The highest BCUT2D eigenvalue weighted by Crippen LogP contribution is 2.22. The third-order valence-corrected chi connectivity index (χ3v) is 2.41. The number of rotatable bonds is 4. The fourth-order valence-electron chi connectivity index (χ4n) is 1.27. The van der Waals surface area contributed by atoms with Crippen LogP contribution in [0.4, 0.5) is 0 Å². The summed E-state index contributed by atoms with van der Waals surface area (Å²) in [7, 11) is 0. The summed E-state index contributed by atoms with van der Waals surface area (Å²) in [5.74, 6) is 0. The van der Waals surface area contributed by atoms with E-state index in [1.807, 2.05) is 13.8 Å². The molecule has 0 fully saturated rings. The molecule has 76 valence electrons. The van der Waals surface area contributed by atoms with Gasteiger partial charge >= 0.3 is 0 Å². The molecule has 1 rings (SSSR count). The van der Waals surface area contributed by atoms with Gasteiger partial charge in [-0.05, 0) is 18.9 Å². The van der Waals surface area contributed by atoms with E-state index in [4.69, 9.17) is 17.1 Å². The molecular weight excluding hydrogens is 202 g/mol. The van der Waals surface area contributed by atoms with Gasteiger partial charge in [-0.3, -0.25) is 4.68 Å². The van der Waals surface area contributed by atoms with Crippen LogP contribution in [0.1, 0.15) is 25.2 Å². The van der Waals surface area contributed by atoms with E-state index in [1.54, 1.807) is 4.68 Å². The molecule has 0 saturated carbocycles. The third kappa shape index (κ3) is 2.00. The standard InChI is InChI=1S/C8H12ClN5/c1-3-6-8(9)7(5-11-13-10)14(4-2)12-6/h3-5H2,1-2H3. The minimum atomic E-state index is 0.260. The summed E-state index contributed by atoms with van der Waals surface area (Å²) in [4.78, 5) is 2.71. The van der Waals surface area contributed by atoms with Crippen LogP contribution in [0.25, 0.3) is 10.4 Å². The molecular formula is C8H12ClN5. The first-order valence-corrected chi connectivity index (χ1v) is 4.87. The zero-order valence-electron chi connectivity index (χ0n) is 8.24. The average molecular weight is 214 g/mol. The van der Waals surface area contributed by atoms with Crippen molar-refractivity contribution < 1.29 is 0 Å².